The van der Waals surface area contributed by atoms with E-state index < -0.39 is 0 Å². The zero-order valence-electron chi connectivity index (χ0n) is 13.3. The molecule has 0 bridgehead atoms. The fraction of sp³-hybridized carbons (Fsp3) is 0.625. The van der Waals surface area contributed by atoms with Gasteiger partial charge in [-0.05, 0) is 25.8 Å². The SMILES string of the molecule is CCCNC1CC(Oc2cc(OC)c(OC)c(OC)c2)C1. The zero-order chi connectivity index (χ0) is 15.2. The summed E-state index contributed by atoms with van der Waals surface area (Å²) < 4.78 is 22.0. The van der Waals surface area contributed by atoms with Crippen molar-refractivity contribution in [2.24, 2.45) is 0 Å². The van der Waals surface area contributed by atoms with Gasteiger partial charge in [-0.15, -0.1) is 0 Å². The highest BCUT2D eigenvalue weighted by Gasteiger charge is 2.30. The minimum Gasteiger partial charge on any atom is -0.493 e. The van der Waals surface area contributed by atoms with E-state index in [1.165, 1.54) is 0 Å². The molecule has 0 amide bonds. The second kappa shape index (κ2) is 7.41. The third-order valence-electron chi connectivity index (χ3n) is 3.72. The molecule has 2 rings (SSSR count). The lowest BCUT2D eigenvalue weighted by Crippen LogP contribution is -2.46. The van der Waals surface area contributed by atoms with Gasteiger partial charge in [0.25, 0.3) is 0 Å². The summed E-state index contributed by atoms with van der Waals surface area (Å²) in [6, 6.07) is 4.26. The zero-order valence-corrected chi connectivity index (χ0v) is 13.3. The number of methoxy groups -OCH3 is 3. The summed E-state index contributed by atoms with van der Waals surface area (Å²) >= 11 is 0. The lowest BCUT2D eigenvalue weighted by atomic mass is 9.89. The highest BCUT2D eigenvalue weighted by atomic mass is 16.5. The van der Waals surface area contributed by atoms with Gasteiger partial charge < -0.3 is 24.3 Å². The maximum atomic E-state index is 5.99. The standard InChI is InChI=1S/C16H25NO4/c1-5-6-17-11-7-12(8-11)21-13-9-14(18-2)16(20-4)15(10-13)19-3/h9-12,17H,5-8H2,1-4H3. The molecular weight excluding hydrogens is 270 g/mol. The normalized spacial score (nSPS) is 20.6. The molecule has 1 saturated carbocycles. The van der Waals surface area contributed by atoms with Gasteiger partial charge in [-0.1, -0.05) is 6.92 Å². The fourth-order valence-corrected chi connectivity index (χ4v) is 2.49. The molecule has 1 N–H and O–H groups in total. The van der Waals surface area contributed by atoms with Crippen LogP contribution in [0, 0.1) is 0 Å². The van der Waals surface area contributed by atoms with Crippen molar-refractivity contribution in [2.75, 3.05) is 27.9 Å². The first-order chi connectivity index (χ1) is 10.2. The van der Waals surface area contributed by atoms with Crippen LogP contribution in [0.25, 0.3) is 0 Å². The van der Waals surface area contributed by atoms with Crippen molar-refractivity contribution in [3.8, 4) is 23.0 Å². The summed E-state index contributed by atoms with van der Waals surface area (Å²) in [4.78, 5) is 0. The Morgan fingerprint density at radius 3 is 2.14 bits per heavy atom. The lowest BCUT2D eigenvalue weighted by molar-refractivity contribution is 0.0846. The van der Waals surface area contributed by atoms with Crippen LogP contribution in [0.1, 0.15) is 26.2 Å². The summed E-state index contributed by atoms with van der Waals surface area (Å²) in [6.45, 7) is 3.25. The fourth-order valence-electron chi connectivity index (χ4n) is 2.49. The van der Waals surface area contributed by atoms with Gasteiger partial charge in [-0.3, -0.25) is 0 Å². The monoisotopic (exact) mass is 295 g/mol. The molecule has 0 unspecified atom stereocenters. The molecule has 1 aliphatic carbocycles. The largest absolute Gasteiger partial charge is 0.493 e. The minimum absolute atomic E-state index is 0.252. The van der Waals surface area contributed by atoms with Crippen molar-refractivity contribution in [2.45, 2.75) is 38.3 Å². The Hall–Kier alpha value is -1.62. The van der Waals surface area contributed by atoms with E-state index in [0.29, 0.717) is 23.3 Å². The summed E-state index contributed by atoms with van der Waals surface area (Å²) in [6.07, 6.45) is 3.49. The number of hydrogen-bond donors (Lipinski definition) is 1. The lowest BCUT2D eigenvalue weighted by Gasteiger charge is -2.36. The van der Waals surface area contributed by atoms with Gasteiger partial charge in [0.2, 0.25) is 5.75 Å². The first-order valence-corrected chi connectivity index (χ1v) is 7.41. The molecule has 0 radical (unpaired) electrons. The molecule has 0 saturated heterocycles. The van der Waals surface area contributed by atoms with Gasteiger partial charge in [0.1, 0.15) is 11.9 Å². The van der Waals surface area contributed by atoms with Gasteiger partial charge in [0.05, 0.1) is 21.3 Å². The molecule has 1 aromatic rings. The van der Waals surface area contributed by atoms with Gasteiger partial charge in [0.15, 0.2) is 11.5 Å². The molecule has 5 nitrogen and oxygen atoms in total. The van der Waals surface area contributed by atoms with Gasteiger partial charge >= 0.3 is 0 Å². The Labute approximate surface area is 126 Å². The van der Waals surface area contributed by atoms with Crippen LogP contribution in [0.15, 0.2) is 12.1 Å². The van der Waals surface area contributed by atoms with Crippen LogP contribution in [-0.4, -0.2) is 40.0 Å². The first kappa shape index (κ1) is 15.8. The summed E-state index contributed by atoms with van der Waals surface area (Å²) in [5, 5.41) is 3.50. The third kappa shape index (κ3) is 3.73. The third-order valence-corrected chi connectivity index (χ3v) is 3.72. The minimum atomic E-state index is 0.252. The second-order valence-corrected chi connectivity index (χ2v) is 5.22. The molecule has 0 heterocycles. The van der Waals surface area contributed by atoms with E-state index in [0.717, 1.165) is 31.6 Å². The average Bonchev–Trinajstić information content (AvgIpc) is 2.48. The average molecular weight is 295 g/mol. The van der Waals surface area contributed by atoms with Crippen molar-refractivity contribution < 1.29 is 18.9 Å². The van der Waals surface area contributed by atoms with Crippen molar-refractivity contribution in [3.63, 3.8) is 0 Å². The number of nitrogens with one attached hydrogen (secondary N) is 1. The molecule has 0 atom stereocenters. The Morgan fingerprint density at radius 1 is 1.05 bits per heavy atom. The highest BCUT2D eigenvalue weighted by Crippen LogP contribution is 2.41. The van der Waals surface area contributed by atoms with Crippen molar-refractivity contribution in [1.29, 1.82) is 0 Å². The summed E-state index contributed by atoms with van der Waals surface area (Å²) in [5.41, 5.74) is 0. The predicted octanol–water partition coefficient (Wildman–Crippen LogP) is 2.62. The summed E-state index contributed by atoms with van der Waals surface area (Å²) in [5.74, 6) is 2.57. The molecular formula is C16H25NO4. The van der Waals surface area contributed by atoms with E-state index in [9.17, 15) is 0 Å². The van der Waals surface area contributed by atoms with Crippen molar-refractivity contribution in [1.82, 2.24) is 5.32 Å². The molecule has 1 fully saturated rings. The van der Waals surface area contributed by atoms with E-state index in [1.807, 2.05) is 12.1 Å². The predicted molar refractivity (Wildman–Crippen MR) is 81.8 cm³/mol. The maximum Gasteiger partial charge on any atom is 0.203 e. The Kier molecular flexibility index (Phi) is 5.56. The van der Waals surface area contributed by atoms with E-state index >= 15 is 0 Å². The highest BCUT2D eigenvalue weighted by molar-refractivity contribution is 5.55. The number of hydrogen-bond acceptors (Lipinski definition) is 5. The molecule has 1 aromatic carbocycles. The van der Waals surface area contributed by atoms with E-state index in [-0.39, 0.29) is 6.10 Å². The van der Waals surface area contributed by atoms with Gasteiger partial charge in [-0.25, -0.2) is 0 Å². The van der Waals surface area contributed by atoms with E-state index in [1.54, 1.807) is 21.3 Å². The van der Waals surface area contributed by atoms with Crippen LogP contribution in [0.4, 0.5) is 0 Å². The van der Waals surface area contributed by atoms with Crippen LogP contribution >= 0.6 is 0 Å². The Morgan fingerprint density at radius 2 is 1.67 bits per heavy atom. The van der Waals surface area contributed by atoms with Crippen molar-refractivity contribution >= 4 is 0 Å². The van der Waals surface area contributed by atoms with Crippen LogP contribution in [0.3, 0.4) is 0 Å². The molecule has 5 heteroatoms. The smallest absolute Gasteiger partial charge is 0.203 e. The summed E-state index contributed by atoms with van der Waals surface area (Å²) in [7, 11) is 4.81. The quantitative estimate of drug-likeness (QED) is 0.799. The number of rotatable bonds is 8. The molecule has 0 spiro atoms. The van der Waals surface area contributed by atoms with Gasteiger partial charge in [0, 0.05) is 18.2 Å². The van der Waals surface area contributed by atoms with E-state index in [4.69, 9.17) is 18.9 Å². The van der Waals surface area contributed by atoms with Crippen molar-refractivity contribution in [3.05, 3.63) is 12.1 Å². The molecule has 118 valence electrons. The topological polar surface area (TPSA) is 49.0 Å². The first-order valence-electron chi connectivity index (χ1n) is 7.41. The molecule has 1 aliphatic rings. The van der Waals surface area contributed by atoms with E-state index in [2.05, 4.69) is 12.2 Å². The van der Waals surface area contributed by atoms with Crippen LogP contribution in [0.2, 0.25) is 0 Å². The van der Waals surface area contributed by atoms with Crippen LogP contribution in [0.5, 0.6) is 23.0 Å². The van der Waals surface area contributed by atoms with Gasteiger partial charge in [-0.2, -0.15) is 0 Å². The Balaban J connectivity index is 1.98. The van der Waals surface area contributed by atoms with Crippen LogP contribution < -0.4 is 24.3 Å². The molecule has 0 aliphatic heterocycles. The molecule has 0 aromatic heterocycles. The number of ether oxygens (including phenoxy) is 4. The Bertz CT molecular complexity index is 433. The number of benzene rings is 1. The second-order valence-electron chi connectivity index (χ2n) is 5.22. The van der Waals surface area contributed by atoms with Crippen LogP contribution in [-0.2, 0) is 0 Å². The molecule has 21 heavy (non-hydrogen) atoms. The maximum absolute atomic E-state index is 5.99.